The molecular formula is C7H16N2O4S. The van der Waals surface area contributed by atoms with Gasteiger partial charge in [-0.25, -0.2) is 0 Å². The third-order valence-corrected chi connectivity index (χ3v) is 3.63. The molecule has 0 spiro atoms. The largest absolute Gasteiger partial charge is 0.480 e. The fraction of sp³-hybridized carbons (Fsp3) is 0.857. The lowest BCUT2D eigenvalue weighted by atomic mass is 10.4. The normalized spacial score (nSPS) is 14.7. The zero-order valence-corrected chi connectivity index (χ0v) is 9.50. The summed E-state index contributed by atoms with van der Waals surface area (Å²) in [6, 6.07) is -1.34. The molecule has 0 radical (unpaired) electrons. The van der Waals surface area contributed by atoms with Crippen LogP contribution in [0.5, 0.6) is 0 Å². The molecular weight excluding hydrogens is 208 g/mol. The van der Waals surface area contributed by atoms with Crippen molar-refractivity contribution in [3.8, 4) is 0 Å². The molecule has 2 N–H and O–H groups in total. The summed E-state index contributed by atoms with van der Waals surface area (Å²) in [6.45, 7) is 4.67. The third kappa shape index (κ3) is 3.60. The Labute approximate surface area is 84.1 Å². The number of hydrogen-bond acceptors (Lipinski definition) is 3. The molecule has 0 amide bonds. The lowest BCUT2D eigenvalue weighted by Crippen LogP contribution is -2.47. The molecule has 0 unspecified atom stereocenters. The van der Waals surface area contributed by atoms with Crippen LogP contribution in [0.25, 0.3) is 0 Å². The maximum absolute atomic E-state index is 11.4. The van der Waals surface area contributed by atoms with E-state index in [4.69, 9.17) is 5.11 Å². The minimum Gasteiger partial charge on any atom is -0.480 e. The highest BCUT2D eigenvalue weighted by Crippen LogP contribution is 2.01. The van der Waals surface area contributed by atoms with Gasteiger partial charge in [-0.3, -0.25) is 4.79 Å². The van der Waals surface area contributed by atoms with Crippen LogP contribution < -0.4 is 4.72 Å². The van der Waals surface area contributed by atoms with Crippen molar-refractivity contribution in [3.05, 3.63) is 0 Å². The molecule has 0 saturated heterocycles. The van der Waals surface area contributed by atoms with Crippen molar-refractivity contribution in [2.75, 3.05) is 7.05 Å². The number of nitrogens with one attached hydrogen (secondary N) is 1. The van der Waals surface area contributed by atoms with E-state index in [-0.39, 0.29) is 6.04 Å². The molecule has 14 heavy (non-hydrogen) atoms. The van der Waals surface area contributed by atoms with E-state index in [9.17, 15) is 13.2 Å². The van der Waals surface area contributed by atoms with Gasteiger partial charge in [0.25, 0.3) is 10.2 Å². The Kier molecular flexibility index (Phi) is 4.50. The third-order valence-electron chi connectivity index (χ3n) is 1.80. The highest BCUT2D eigenvalue weighted by atomic mass is 32.2. The van der Waals surface area contributed by atoms with Gasteiger partial charge in [-0.15, -0.1) is 0 Å². The summed E-state index contributed by atoms with van der Waals surface area (Å²) in [5.74, 6) is -1.20. The smallest absolute Gasteiger partial charge is 0.321 e. The molecule has 0 fully saturated rings. The topological polar surface area (TPSA) is 86.7 Å². The number of carboxylic acids is 1. The summed E-state index contributed by atoms with van der Waals surface area (Å²) >= 11 is 0. The molecule has 84 valence electrons. The zero-order chi connectivity index (χ0) is 11.5. The number of hydrogen-bond donors (Lipinski definition) is 2. The van der Waals surface area contributed by atoms with Crippen LogP contribution in [0.1, 0.15) is 20.8 Å². The Morgan fingerprint density at radius 2 is 1.79 bits per heavy atom. The fourth-order valence-electron chi connectivity index (χ4n) is 0.634. The van der Waals surface area contributed by atoms with Crippen LogP contribution in [0.15, 0.2) is 0 Å². The van der Waals surface area contributed by atoms with Crippen molar-refractivity contribution < 1.29 is 18.3 Å². The van der Waals surface area contributed by atoms with Gasteiger partial charge in [0.05, 0.1) is 0 Å². The van der Waals surface area contributed by atoms with Crippen LogP contribution >= 0.6 is 0 Å². The first-order chi connectivity index (χ1) is 6.18. The minimum absolute atomic E-state index is 0.214. The lowest BCUT2D eigenvalue weighted by Gasteiger charge is -2.22. The van der Waals surface area contributed by atoms with E-state index >= 15 is 0 Å². The van der Waals surface area contributed by atoms with Gasteiger partial charge < -0.3 is 5.11 Å². The molecule has 0 aliphatic heterocycles. The number of carboxylic acid groups (broad SMARTS) is 1. The number of rotatable bonds is 5. The van der Waals surface area contributed by atoms with Crippen molar-refractivity contribution in [3.63, 3.8) is 0 Å². The lowest BCUT2D eigenvalue weighted by molar-refractivity contribution is -0.138. The monoisotopic (exact) mass is 224 g/mol. The van der Waals surface area contributed by atoms with Crippen LogP contribution in [-0.4, -0.2) is 42.9 Å². The molecule has 0 aliphatic rings. The van der Waals surface area contributed by atoms with Crippen molar-refractivity contribution in [1.29, 1.82) is 0 Å². The Hall–Kier alpha value is -0.660. The van der Waals surface area contributed by atoms with E-state index in [1.807, 2.05) is 4.72 Å². The fourth-order valence-corrected chi connectivity index (χ4v) is 1.90. The SMILES string of the molecule is CC(C)N(C)S(=O)(=O)N[C@H](C)C(=O)O. The molecule has 0 aromatic rings. The first kappa shape index (κ1) is 13.3. The highest BCUT2D eigenvalue weighted by Gasteiger charge is 2.24. The molecule has 0 aliphatic carbocycles. The van der Waals surface area contributed by atoms with E-state index < -0.39 is 22.2 Å². The molecule has 7 heteroatoms. The van der Waals surface area contributed by atoms with E-state index in [0.717, 1.165) is 4.31 Å². The predicted octanol–water partition coefficient (Wildman–Crippen LogP) is -0.366. The predicted molar refractivity (Wildman–Crippen MR) is 52.1 cm³/mol. The molecule has 0 bridgehead atoms. The quantitative estimate of drug-likeness (QED) is 0.667. The second-order valence-corrected chi connectivity index (χ2v) is 5.05. The second-order valence-electron chi connectivity index (χ2n) is 3.29. The number of carbonyl (C=O) groups is 1. The average Bonchev–Trinajstić information content (AvgIpc) is 2.01. The summed E-state index contributed by atoms with van der Waals surface area (Å²) in [7, 11) is -2.31. The van der Waals surface area contributed by atoms with Crippen LogP contribution in [-0.2, 0) is 15.0 Å². The van der Waals surface area contributed by atoms with E-state index in [0.29, 0.717) is 0 Å². The zero-order valence-electron chi connectivity index (χ0n) is 8.68. The maximum Gasteiger partial charge on any atom is 0.321 e. The van der Waals surface area contributed by atoms with Gasteiger partial charge in [0.15, 0.2) is 0 Å². The van der Waals surface area contributed by atoms with Crippen molar-refractivity contribution >= 4 is 16.2 Å². The van der Waals surface area contributed by atoms with Crippen LogP contribution in [0, 0.1) is 0 Å². The summed E-state index contributed by atoms with van der Waals surface area (Å²) in [6.07, 6.45) is 0. The van der Waals surface area contributed by atoms with Gasteiger partial charge >= 0.3 is 5.97 Å². The molecule has 1 atom stereocenters. The average molecular weight is 224 g/mol. The van der Waals surface area contributed by atoms with Gasteiger partial charge in [0.2, 0.25) is 0 Å². The van der Waals surface area contributed by atoms with Crippen molar-refractivity contribution in [1.82, 2.24) is 9.03 Å². The summed E-state index contributed by atoms with van der Waals surface area (Å²) in [5, 5.41) is 8.52. The Morgan fingerprint density at radius 1 is 1.36 bits per heavy atom. The summed E-state index contributed by atoms with van der Waals surface area (Å²) < 4.78 is 26.0. The van der Waals surface area contributed by atoms with Crippen LogP contribution in [0.3, 0.4) is 0 Å². The maximum atomic E-state index is 11.4. The molecule has 0 aromatic carbocycles. The minimum atomic E-state index is -3.70. The van der Waals surface area contributed by atoms with E-state index in [1.165, 1.54) is 14.0 Å². The van der Waals surface area contributed by atoms with Crippen molar-refractivity contribution in [2.24, 2.45) is 0 Å². The van der Waals surface area contributed by atoms with Crippen LogP contribution in [0.4, 0.5) is 0 Å². The van der Waals surface area contributed by atoms with E-state index in [2.05, 4.69) is 0 Å². The number of aliphatic carboxylic acids is 1. The van der Waals surface area contributed by atoms with Crippen molar-refractivity contribution in [2.45, 2.75) is 32.9 Å². The van der Waals surface area contributed by atoms with Gasteiger partial charge in [-0.1, -0.05) is 0 Å². The van der Waals surface area contributed by atoms with Gasteiger partial charge in [0.1, 0.15) is 6.04 Å². The standard InChI is InChI=1S/C7H16N2O4S/c1-5(2)9(4)14(12,13)8-6(3)7(10)11/h5-6,8H,1-4H3,(H,10,11)/t6-/m1/s1. The first-order valence-electron chi connectivity index (χ1n) is 4.16. The van der Waals surface area contributed by atoms with Crippen LogP contribution in [0.2, 0.25) is 0 Å². The summed E-state index contributed by atoms with van der Waals surface area (Å²) in [5.41, 5.74) is 0. The second kappa shape index (κ2) is 4.72. The molecule has 6 nitrogen and oxygen atoms in total. The Morgan fingerprint density at radius 3 is 2.07 bits per heavy atom. The summed E-state index contributed by atoms with van der Waals surface area (Å²) in [4.78, 5) is 10.4. The van der Waals surface area contributed by atoms with Gasteiger partial charge in [0, 0.05) is 13.1 Å². The molecule has 0 heterocycles. The first-order valence-corrected chi connectivity index (χ1v) is 5.60. The van der Waals surface area contributed by atoms with E-state index in [1.54, 1.807) is 13.8 Å². The van der Waals surface area contributed by atoms with Gasteiger partial charge in [-0.05, 0) is 20.8 Å². The highest BCUT2D eigenvalue weighted by molar-refractivity contribution is 7.87. The Balaban J connectivity index is 4.58. The number of nitrogens with zero attached hydrogens (tertiary/aromatic N) is 1. The molecule has 0 aromatic heterocycles. The van der Waals surface area contributed by atoms with Gasteiger partial charge in [-0.2, -0.15) is 17.4 Å². The molecule has 0 saturated carbocycles. The Bertz CT molecular complexity index is 299. The molecule has 0 rings (SSSR count).